The number of phenolic OH excluding ortho intramolecular Hbond substituents is 2. The molecule has 0 spiro atoms. The van der Waals surface area contributed by atoms with E-state index >= 15 is 0 Å². The van der Waals surface area contributed by atoms with E-state index in [9.17, 15) is 19.8 Å². The smallest absolute Gasteiger partial charge is 0.258 e. The van der Waals surface area contributed by atoms with Crippen molar-refractivity contribution in [3.8, 4) is 22.9 Å². The zero-order valence-corrected chi connectivity index (χ0v) is 35.0. The number of likely N-dealkylation sites (tertiary alicyclic amines) is 1. The number of phenols is 2. The fraction of sp³-hybridized carbons (Fsp3) is 0.455. The van der Waals surface area contributed by atoms with E-state index in [2.05, 4.69) is 53.8 Å². The van der Waals surface area contributed by atoms with Crippen molar-refractivity contribution in [2.24, 2.45) is 5.92 Å². The van der Waals surface area contributed by atoms with E-state index in [1.54, 1.807) is 34.7 Å². The van der Waals surface area contributed by atoms with Crippen molar-refractivity contribution < 1.29 is 24.5 Å². The molecule has 2 aromatic carbocycles. The number of aromatic nitrogens is 4. The molecule has 9 rings (SSSR count). The van der Waals surface area contributed by atoms with Crippen LogP contribution in [-0.2, 0) is 35.7 Å². The monoisotopic (exact) mass is 832 g/mol. The number of nitrogen functional groups attached to an aromatic ring is 1. The van der Waals surface area contributed by atoms with Crippen LogP contribution in [0.3, 0.4) is 0 Å². The van der Waals surface area contributed by atoms with Crippen molar-refractivity contribution in [2.45, 2.75) is 58.8 Å². The molecule has 3 aromatic heterocycles. The molecule has 5 aromatic rings. The van der Waals surface area contributed by atoms with Gasteiger partial charge in [-0.15, -0.1) is 11.3 Å². The third kappa shape index (κ3) is 8.33. The molecule has 7 heterocycles. The molecule has 4 N–H and O–H groups in total. The number of amides is 2. The van der Waals surface area contributed by atoms with E-state index in [1.807, 2.05) is 13.8 Å². The Morgan fingerprint density at radius 1 is 0.833 bits per heavy atom. The van der Waals surface area contributed by atoms with Gasteiger partial charge in [0.1, 0.15) is 11.5 Å². The fourth-order valence-electron chi connectivity index (χ4n) is 8.90. The van der Waals surface area contributed by atoms with E-state index in [-0.39, 0.29) is 46.7 Å². The number of rotatable bonds is 9. The standard InChI is InChI=1S/C44H52N10O5S/c1-27(2)34-19-35(38(56)20-37(34)55)43(58)54-24-30-4-3-28(17-31(30)25-54)23-50-7-5-29(6-8-50)42(57)53-11-9-51(10-12-53)26-33-18-36-39(60-33)41(52-13-15-59-16-14-52)49-40(48-36)32-21-46-44(45)47-22-32/h3-4,17-22,27,29,55-56H,5-16,23-26H2,1-2H3,(H2,45,46,47). The number of aromatic hydroxyl groups is 2. The van der Waals surface area contributed by atoms with Crippen LogP contribution in [0, 0.1) is 5.92 Å². The molecule has 0 atom stereocenters. The molecule has 0 bridgehead atoms. The van der Waals surface area contributed by atoms with E-state index in [0.717, 1.165) is 111 Å². The van der Waals surface area contributed by atoms with Gasteiger partial charge in [0.15, 0.2) is 11.6 Å². The molecule has 4 aliphatic rings. The Labute approximate surface area is 353 Å². The van der Waals surface area contributed by atoms with Crippen LogP contribution >= 0.6 is 11.3 Å². The number of nitrogens with zero attached hydrogens (tertiary/aromatic N) is 9. The third-order valence-electron chi connectivity index (χ3n) is 12.3. The number of hydrogen-bond donors (Lipinski definition) is 3. The number of hydrogen-bond acceptors (Lipinski definition) is 14. The molecule has 0 saturated carbocycles. The number of thiophene rings is 1. The topological polar surface area (TPSA) is 178 Å². The van der Waals surface area contributed by atoms with Crippen molar-refractivity contribution >= 4 is 45.1 Å². The van der Waals surface area contributed by atoms with Crippen LogP contribution in [0.15, 0.2) is 48.8 Å². The first-order valence-electron chi connectivity index (χ1n) is 21.0. The van der Waals surface area contributed by atoms with Crippen molar-refractivity contribution in [1.82, 2.24) is 39.5 Å². The van der Waals surface area contributed by atoms with E-state index < -0.39 is 0 Å². The van der Waals surface area contributed by atoms with E-state index in [0.29, 0.717) is 37.7 Å². The number of carbonyl (C=O) groups excluding carboxylic acids is 2. The summed E-state index contributed by atoms with van der Waals surface area (Å²) in [6.45, 7) is 14.1. The summed E-state index contributed by atoms with van der Waals surface area (Å²) in [5.74, 6) is 1.59. The molecule has 3 fully saturated rings. The zero-order valence-electron chi connectivity index (χ0n) is 34.2. The second-order valence-electron chi connectivity index (χ2n) is 16.7. The molecule has 0 aliphatic carbocycles. The van der Waals surface area contributed by atoms with Crippen LogP contribution in [0.5, 0.6) is 11.5 Å². The maximum Gasteiger partial charge on any atom is 0.258 e. The van der Waals surface area contributed by atoms with Crippen LogP contribution in [0.2, 0.25) is 0 Å². The van der Waals surface area contributed by atoms with Crippen LogP contribution < -0.4 is 10.6 Å². The average molecular weight is 833 g/mol. The number of carbonyl (C=O) groups is 2. The van der Waals surface area contributed by atoms with Crippen LogP contribution in [0.25, 0.3) is 21.6 Å². The van der Waals surface area contributed by atoms with Crippen molar-refractivity contribution in [3.05, 3.63) is 81.5 Å². The summed E-state index contributed by atoms with van der Waals surface area (Å²) in [5, 5.41) is 20.8. The zero-order chi connectivity index (χ0) is 41.5. The van der Waals surface area contributed by atoms with Crippen molar-refractivity contribution in [3.63, 3.8) is 0 Å². The minimum absolute atomic E-state index is 0.00185. The summed E-state index contributed by atoms with van der Waals surface area (Å²) < 4.78 is 6.69. The lowest BCUT2D eigenvalue weighted by Gasteiger charge is -2.38. The lowest BCUT2D eigenvalue weighted by atomic mass is 9.94. The molecule has 0 unspecified atom stereocenters. The molecule has 4 aliphatic heterocycles. The molecule has 15 nitrogen and oxygen atoms in total. The molecule has 3 saturated heterocycles. The predicted molar refractivity (Wildman–Crippen MR) is 230 cm³/mol. The van der Waals surface area contributed by atoms with Gasteiger partial charge in [-0.3, -0.25) is 19.4 Å². The normalized spacial score (nSPS) is 18.1. The number of nitrogens with two attached hydrogens (primary N) is 1. The predicted octanol–water partition coefficient (Wildman–Crippen LogP) is 4.81. The first kappa shape index (κ1) is 40.0. The quantitative estimate of drug-likeness (QED) is 0.185. The Morgan fingerprint density at radius 3 is 2.28 bits per heavy atom. The summed E-state index contributed by atoms with van der Waals surface area (Å²) in [6, 6.07) is 11.5. The Bertz CT molecular complexity index is 2390. The summed E-state index contributed by atoms with van der Waals surface area (Å²) >= 11 is 1.74. The summed E-state index contributed by atoms with van der Waals surface area (Å²) in [7, 11) is 0. The maximum atomic E-state index is 13.7. The molecule has 2 amide bonds. The van der Waals surface area contributed by atoms with Crippen LogP contribution in [0.1, 0.15) is 70.1 Å². The summed E-state index contributed by atoms with van der Waals surface area (Å²) in [6.07, 6.45) is 5.02. The number of piperazine rings is 1. The second-order valence-corrected chi connectivity index (χ2v) is 17.9. The van der Waals surface area contributed by atoms with Gasteiger partial charge >= 0.3 is 0 Å². The highest BCUT2D eigenvalue weighted by Gasteiger charge is 2.32. The van der Waals surface area contributed by atoms with Gasteiger partial charge in [0, 0.05) is 94.7 Å². The highest BCUT2D eigenvalue weighted by Crippen LogP contribution is 2.37. The molecular weight excluding hydrogens is 781 g/mol. The highest BCUT2D eigenvalue weighted by molar-refractivity contribution is 7.19. The number of ether oxygens (including phenoxy) is 1. The van der Waals surface area contributed by atoms with Gasteiger partial charge in [-0.1, -0.05) is 32.0 Å². The Balaban J connectivity index is 0.766. The van der Waals surface area contributed by atoms with Crippen LogP contribution in [0.4, 0.5) is 11.8 Å². The molecule has 0 radical (unpaired) electrons. The minimum Gasteiger partial charge on any atom is -0.508 e. The average Bonchev–Trinajstić information content (AvgIpc) is 3.88. The largest absolute Gasteiger partial charge is 0.508 e. The fourth-order valence-corrected chi connectivity index (χ4v) is 10.1. The molecular formula is C44H52N10O5S. The van der Waals surface area contributed by atoms with Gasteiger partial charge in [-0.25, -0.2) is 19.9 Å². The van der Waals surface area contributed by atoms with E-state index in [1.165, 1.54) is 16.5 Å². The first-order valence-corrected chi connectivity index (χ1v) is 21.8. The third-order valence-corrected chi connectivity index (χ3v) is 13.4. The summed E-state index contributed by atoms with van der Waals surface area (Å²) in [5.41, 5.74) is 11.6. The van der Waals surface area contributed by atoms with Gasteiger partial charge in [0.05, 0.1) is 34.6 Å². The van der Waals surface area contributed by atoms with Crippen molar-refractivity contribution in [1.29, 1.82) is 0 Å². The molecule has 16 heteroatoms. The second kappa shape index (κ2) is 16.9. The number of morpholine rings is 1. The van der Waals surface area contributed by atoms with Crippen LogP contribution in [-0.4, -0.2) is 127 Å². The minimum atomic E-state index is -0.244. The molecule has 314 valence electrons. The van der Waals surface area contributed by atoms with Gasteiger partial charge < -0.3 is 35.4 Å². The number of benzene rings is 2. The van der Waals surface area contributed by atoms with Gasteiger partial charge in [-0.05, 0) is 66.2 Å². The number of anilines is 2. The SMILES string of the molecule is CC(C)c1cc(C(=O)N2Cc3ccc(CN4CCC(C(=O)N5CCN(Cc6cc7nc(-c8cnc(N)nc8)nc(N8CCOCC8)c7s6)CC5)CC4)cc3C2)c(O)cc1O. The Morgan fingerprint density at radius 2 is 1.55 bits per heavy atom. The number of fused-ring (bicyclic) bond motifs is 2. The molecule has 60 heavy (non-hydrogen) atoms. The maximum absolute atomic E-state index is 13.7. The Hall–Kier alpha value is -5.42. The van der Waals surface area contributed by atoms with E-state index in [4.69, 9.17) is 20.4 Å². The lowest BCUT2D eigenvalue weighted by Crippen LogP contribution is -2.51. The highest BCUT2D eigenvalue weighted by atomic mass is 32.1. The number of piperidine rings is 1. The summed E-state index contributed by atoms with van der Waals surface area (Å²) in [4.78, 5) is 57.6. The first-order chi connectivity index (χ1) is 29.1. The van der Waals surface area contributed by atoms with Crippen molar-refractivity contribution in [2.75, 3.05) is 76.2 Å². The van der Waals surface area contributed by atoms with Gasteiger partial charge in [-0.2, -0.15) is 0 Å². The Kier molecular flexibility index (Phi) is 11.3. The van der Waals surface area contributed by atoms with Gasteiger partial charge in [0.2, 0.25) is 11.9 Å². The van der Waals surface area contributed by atoms with Gasteiger partial charge in [0.25, 0.3) is 5.91 Å². The lowest BCUT2D eigenvalue weighted by molar-refractivity contribution is -0.139.